The van der Waals surface area contributed by atoms with Gasteiger partial charge in [-0.05, 0) is 11.3 Å². The van der Waals surface area contributed by atoms with E-state index in [9.17, 15) is 9.59 Å². The van der Waals surface area contributed by atoms with Crippen LogP contribution in [0.2, 0.25) is 0 Å². The number of nitrogens with zero attached hydrogens (tertiary/aromatic N) is 3. The van der Waals surface area contributed by atoms with Gasteiger partial charge in [0, 0.05) is 6.54 Å². The van der Waals surface area contributed by atoms with Crippen molar-refractivity contribution >= 4 is 40.0 Å². The van der Waals surface area contributed by atoms with E-state index in [-0.39, 0.29) is 25.0 Å². The van der Waals surface area contributed by atoms with Crippen LogP contribution in [0, 0.1) is 0 Å². The number of hydrogen-bond acceptors (Lipinski definition) is 7. The quantitative estimate of drug-likeness (QED) is 0.611. The molecule has 1 aliphatic rings. The summed E-state index contributed by atoms with van der Waals surface area (Å²) in [4.78, 5) is 26.4. The number of nitrogens with one attached hydrogen (secondary N) is 1. The Kier molecular flexibility index (Phi) is 6.00. The van der Waals surface area contributed by atoms with Crippen LogP contribution in [0.1, 0.15) is 12.5 Å². The van der Waals surface area contributed by atoms with Gasteiger partial charge >= 0.3 is 0 Å². The normalized spacial score (nSPS) is 17.6. The van der Waals surface area contributed by atoms with Gasteiger partial charge in [0.1, 0.15) is 12.6 Å². The Morgan fingerprint density at radius 3 is 2.96 bits per heavy atom. The van der Waals surface area contributed by atoms with Crippen molar-refractivity contribution in [1.82, 2.24) is 15.1 Å². The summed E-state index contributed by atoms with van der Waals surface area (Å²) in [6.07, 6.45) is 0. The molecule has 1 fully saturated rings. The van der Waals surface area contributed by atoms with E-state index in [0.717, 1.165) is 15.7 Å². The van der Waals surface area contributed by atoms with Crippen LogP contribution < -0.4 is 5.32 Å². The highest BCUT2D eigenvalue weighted by Crippen LogP contribution is 2.25. The molecular formula is C16H18N4O3S2. The van der Waals surface area contributed by atoms with Crippen molar-refractivity contribution in [1.29, 1.82) is 0 Å². The van der Waals surface area contributed by atoms with Gasteiger partial charge in [-0.15, -0.1) is 10.2 Å². The van der Waals surface area contributed by atoms with Crippen molar-refractivity contribution in [3.63, 3.8) is 0 Å². The van der Waals surface area contributed by atoms with Gasteiger partial charge in [0.25, 0.3) is 5.91 Å². The van der Waals surface area contributed by atoms with Gasteiger partial charge in [0.05, 0.1) is 6.61 Å². The second-order valence-electron chi connectivity index (χ2n) is 5.33. The second kappa shape index (κ2) is 8.41. The molecule has 9 heteroatoms. The number of morpholine rings is 1. The molecule has 3 rings (SSSR count). The van der Waals surface area contributed by atoms with E-state index in [2.05, 4.69) is 15.5 Å². The maximum absolute atomic E-state index is 12.6. The maximum atomic E-state index is 12.6. The van der Waals surface area contributed by atoms with Gasteiger partial charge in [-0.1, -0.05) is 60.4 Å². The van der Waals surface area contributed by atoms with Crippen molar-refractivity contribution in [2.24, 2.45) is 0 Å². The molecular weight excluding hydrogens is 360 g/mol. The summed E-state index contributed by atoms with van der Waals surface area (Å²) in [5, 5.41) is 11.2. The molecule has 1 N–H and O–H groups in total. The molecule has 25 heavy (non-hydrogen) atoms. The largest absolute Gasteiger partial charge is 0.369 e. The zero-order chi connectivity index (χ0) is 17.6. The third-order valence-corrected chi connectivity index (χ3v) is 5.45. The molecule has 0 aliphatic carbocycles. The average molecular weight is 378 g/mol. The summed E-state index contributed by atoms with van der Waals surface area (Å²) in [5.74, 6) is 0.376. The van der Waals surface area contributed by atoms with Crippen LogP contribution >= 0.6 is 23.1 Å². The summed E-state index contributed by atoms with van der Waals surface area (Å²) >= 11 is 2.89. The van der Waals surface area contributed by atoms with Gasteiger partial charge in [-0.25, -0.2) is 0 Å². The zero-order valence-corrected chi connectivity index (χ0v) is 15.3. The van der Waals surface area contributed by atoms with Gasteiger partial charge in [0.15, 0.2) is 4.34 Å². The number of carbonyl (C=O) groups is 2. The molecule has 1 atom stereocenters. The van der Waals surface area contributed by atoms with Crippen LogP contribution in [0.4, 0.5) is 5.13 Å². The zero-order valence-electron chi connectivity index (χ0n) is 13.7. The van der Waals surface area contributed by atoms with E-state index in [1.54, 1.807) is 16.7 Å². The molecule has 7 nitrogen and oxygen atoms in total. The van der Waals surface area contributed by atoms with Crippen molar-refractivity contribution < 1.29 is 14.3 Å². The first kappa shape index (κ1) is 17.8. The highest BCUT2D eigenvalue weighted by Gasteiger charge is 2.34. The summed E-state index contributed by atoms with van der Waals surface area (Å²) in [6, 6.07) is 8.89. The Bertz CT molecular complexity index is 738. The molecule has 1 unspecified atom stereocenters. The Morgan fingerprint density at radius 1 is 1.40 bits per heavy atom. The molecule has 2 heterocycles. The van der Waals surface area contributed by atoms with Crippen LogP contribution in [0.25, 0.3) is 0 Å². The van der Waals surface area contributed by atoms with Crippen LogP contribution in [0.15, 0.2) is 34.7 Å². The lowest BCUT2D eigenvalue weighted by Crippen LogP contribution is -2.54. The van der Waals surface area contributed by atoms with E-state index in [1.807, 2.05) is 37.3 Å². The predicted octanol–water partition coefficient (Wildman–Crippen LogP) is 2.02. The maximum Gasteiger partial charge on any atom is 0.251 e. The number of rotatable bonds is 6. The number of carbonyl (C=O) groups excluding carboxylic acids is 2. The molecule has 1 aromatic carbocycles. The summed E-state index contributed by atoms with van der Waals surface area (Å²) in [5.41, 5.74) is 0.966. The number of amides is 2. The van der Waals surface area contributed by atoms with Crippen LogP contribution in [-0.2, 0) is 20.9 Å². The fourth-order valence-corrected chi connectivity index (χ4v) is 4.08. The lowest BCUT2D eigenvalue weighted by atomic mass is 10.1. The minimum Gasteiger partial charge on any atom is -0.369 e. The van der Waals surface area contributed by atoms with Crippen molar-refractivity contribution in [2.45, 2.75) is 23.8 Å². The minimum absolute atomic E-state index is 0.00723. The smallest absolute Gasteiger partial charge is 0.251 e. The molecule has 1 aliphatic heterocycles. The van der Waals surface area contributed by atoms with E-state index >= 15 is 0 Å². The SMILES string of the molecule is CCSc1nnc(NC(=O)C2COCC(=O)N2Cc2ccccc2)s1. The Balaban J connectivity index is 1.70. The van der Waals surface area contributed by atoms with Gasteiger partial charge in [-0.3, -0.25) is 14.9 Å². The summed E-state index contributed by atoms with van der Waals surface area (Å²) < 4.78 is 6.08. The topological polar surface area (TPSA) is 84.4 Å². The minimum atomic E-state index is -0.687. The number of ether oxygens (including phenoxy) is 1. The van der Waals surface area contributed by atoms with Gasteiger partial charge in [0.2, 0.25) is 11.0 Å². The average Bonchev–Trinajstić information content (AvgIpc) is 3.05. The van der Waals surface area contributed by atoms with Crippen molar-refractivity contribution in [2.75, 3.05) is 24.3 Å². The molecule has 0 bridgehead atoms. The Morgan fingerprint density at radius 2 is 2.20 bits per heavy atom. The number of benzene rings is 1. The first-order valence-corrected chi connectivity index (χ1v) is 9.66. The fourth-order valence-electron chi connectivity index (χ4n) is 2.43. The van der Waals surface area contributed by atoms with Crippen molar-refractivity contribution in [3.8, 4) is 0 Å². The number of aromatic nitrogens is 2. The molecule has 0 spiro atoms. The Hall–Kier alpha value is -1.97. The highest BCUT2D eigenvalue weighted by molar-refractivity contribution is 8.01. The Labute approximate surface area is 153 Å². The van der Waals surface area contributed by atoms with Crippen molar-refractivity contribution in [3.05, 3.63) is 35.9 Å². The first-order valence-electron chi connectivity index (χ1n) is 7.85. The second-order valence-corrected chi connectivity index (χ2v) is 7.82. The molecule has 2 amide bonds. The standard InChI is InChI=1S/C16H18N4O3S2/c1-2-24-16-19-18-15(25-16)17-14(22)12-9-23-10-13(21)20(12)8-11-6-4-3-5-7-11/h3-7,12H,2,8-10H2,1H3,(H,17,18,22). The summed E-state index contributed by atoms with van der Waals surface area (Å²) in [6.45, 7) is 2.55. The van der Waals surface area contributed by atoms with E-state index in [0.29, 0.717) is 11.7 Å². The monoisotopic (exact) mass is 378 g/mol. The molecule has 132 valence electrons. The number of thioether (sulfide) groups is 1. The number of anilines is 1. The highest BCUT2D eigenvalue weighted by atomic mass is 32.2. The molecule has 0 saturated carbocycles. The van der Waals surface area contributed by atoms with E-state index in [1.165, 1.54) is 11.3 Å². The fraction of sp³-hybridized carbons (Fsp3) is 0.375. The van der Waals surface area contributed by atoms with Gasteiger partial charge in [-0.2, -0.15) is 0 Å². The van der Waals surface area contributed by atoms with Gasteiger partial charge < -0.3 is 9.64 Å². The van der Waals surface area contributed by atoms with Crippen LogP contribution in [0.3, 0.4) is 0 Å². The number of hydrogen-bond donors (Lipinski definition) is 1. The predicted molar refractivity (Wildman–Crippen MR) is 96.5 cm³/mol. The van der Waals surface area contributed by atoms with E-state index in [4.69, 9.17) is 4.74 Å². The molecule has 1 saturated heterocycles. The molecule has 1 aromatic heterocycles. The third kappa shape index (κ3) is 4.56. The first-order chi connectivity index (χ1) is 12.2. The molecule has 0 radical (unpaired) electrons. The van der Waals surface area contributed by atoms with E-state index < -0.39 is 6.04 Å². The van der Waals surface area contributed by atoms with Crippen LogP contribution in [-0.4, -0.2) is 51.9 Å². The lowest BCUT2D eigenvalue weighted by molar-refractivity contribution is -0.154. The lowest BCUT2D eigenvalue weighted by Gasteiger charge is -2.34. The summed E-state index contributed by atoms with van der Waals surface area (Å²) in [7, 11) is 0. The molecule has 2 aromatic rings. The third-order valence-electron chi connectivity index (χ3n) is 3.60. The van der Waals surface area contributed by atoms with Crippen LogP contribution in [0.5, 0.6) is 0 Å².